The van der Waals surface area contributed by atoms with Crippen molar-refractivity contribution < 1.29 is 4.42 Å². The number of hydrogen-bond acceptors (Lipinski definition) is 2. The van der Waals surface area contributed by atoms with E-state index in [2.05, 4.69) is 241 Å². The molecule has 0 bridgehead atoms. The van der Waals surface area contributed by atoms with Crippen LogP contribution in [0.5, 0.6) is 0 Å². The van der Waals surface area contributed by atoms with E-state index in [0.717, 1.165) is 66.6 Å². The largest absolute Gasteiger partial charge is 0.455 e. The third-order valence-corrected chi connectivity index (χ3v) is 12.4. The molecule has 0 amide bonds. The summed E-state index contributed by atoms with van der Waals surface area (Å²) in [6.45, 7) is 0. The van der Waals surface area contributed by atoms with Gasteiger partial charge in [-0.2, -0.15) is 0 Å². The van der Waals surface area contributed by atoms with Gasteiger partial charge in [-0.3, -0.25) is 0 Å². The van der Waals surface area contributed by atoms with Crippen LogP contribution in [0.3, 0.4) is 0 Å². The highest BCUT2D eigenvalue weighted by Gasteiger charge is 2.21. The lowest BCUT2D eigenvalue weighted by Gasteiger charge is -2.28. The highest BCUT2D eigenvalue weighted by molar-refractivity contribution is 6.19. The zero-order valence-corrected chi connectivity index (χ0v) is 33.9. The molecule has 11 aromatic carbocycles. The minimum atomic E-state index is 0.879. The summed E-state index contributed by atoms with van der Waals surface area (Å²) in [5.41, 5.74) is 14.4. The van der Waals surface area contributed by atoms with E-state index < -0.39 is 0 Å². The summed E-state index contributed by atoms with van der Waals surface area (Å²) in [5.74, 6) is 0. The molecule has 0 atom stereocenters. The maximum atomic E-state index is 6.69. The Morgan fingerprint density at radius 2 is 0.823 bits per heavy atom. The van der Waals surface area contributed by atoms with Gasteiger partial charge in [-0.15, -0.1) is 0 Å². The smallest absolute Gasteiger partial charge is 0.143 e. The highest BCUT2D eigenvalue weighted by atomic mass is 16.3. The Balaban J connectivity index is 1.01. The SMILES string of the molecule is c1cc(-c2ccc(N(c3cccc(-c4ccc5ccccc5c4)c3)c3ccccc3-c3cccc4oc5c6ccccc6ccc5c34)cc2)cc(-c2ccc3ccccc3c2)c1. The molecule has 12 aromatic rings. The maximum absolute atomic E-state index is 6.69. The second-order valence-corrected chi connectivity index (χ2v) is 16.1. The fourth-order valence-electron chi connectivity index (χ4n) is 9.35. The van der Waals surface area contributed by atoms with Crippen LogP contribution in [0.1, 0.15) is 0 Å². The van der Waals surface area contributed by atoms with Crippen LogP contribution < -0.4 is 4.90 Å². The van der Waals surface area contributed by atoms with E-state index in [-0.39, 0.29) is 0 Å². The molecular formula is C60H39NO. The Bertz CT molecular complexity index is 3650. The van der Waals surface area contributed by atoms with Gasteiger partial charge in [-0.25, -0.2) is 0 Å². The fourth-order valence-corrected chi connectivity index (χ4v) is 9.35. The van der Waals surface area contributed by atoms with E-state index in [4.69, 9.17) is 4.42 Å². The Labute approximate surface area is 360 Å². The Kier molecular flexibility index (Phi) is 8.53. The molecule has 0 N–H and O–H groups in total. The van der Waals surface area contributed by atoms with Crippen molar-refractivity contribution >= 4 is 71.3 Å². The van der Waals surface area contributed by atoms with E-state index in [1.807, 2.05) is 0 Å². The Morgan fingerprint density at radius 1 is 0.290 bits per heavy atom. The van der Waals surface area contributed by atoms with Crippen LogP contribution >= 0.6 is 0 Å². The van der Waals surface area contributed by atoms with Crippen molar-refractivity contribution in [1.82, 2.24) is 0 Å². The molecule has 0 radical (unpaired) electrons. The topological polar surface area (TPSA) is 16.4 Å². The number of para-hydroxylation sites is 1. The molecule has 0 aliphatic rings. The molecule has 0 saturated heterocycles. The summed E-state index contributed by atoms with van der Waals surface area (Å²) in [6.07, 6.45) is 0. The van der Waals surface area contributed by atoms with E-state index in [1.54, 1.807) is 0 Å². The van der Waals surface area contributed by atoms with Gasteiger partial charge in [0.15, 0.2) is 0 Å². The molecule has 62 heavy (non-hydrogen) atoms. The maximum Gasteiger partial charge on any atom is 0.143 e. The Hall–Kier alpha value is -8.20. The van der Waals surface area contributed by atoms with Crippen molar-refractivity contribution in [2.24, 2.45) is 0 Å². The number of fused-ring (bicyclic) bond motifs is 7. The summed E-state index contributed by atoms with van der Waals surface area (Å²) >= 11 is 0. The van der Waals surface area contributed by atoms with Gasteiger partial charge in [0.05, 0.1) is 5.69 Å². The van der Waals surface area contributed by atoms with Crippen LogP contribution in [-0.4, -0.2) is 0 Å². The lowest BCUT2D eigenvalue weighted by atomic mass is 9.95. The first kappa shape index (κ1) is 35.7. The predicted octanol–water partition coefficient (Wildman–Crippen LogP) is 17.2. The van der Waals surface area contributed by atoms with Crippen LogP contribution in [0, 0.1) is 0 Å². The van der Waals surface area contributed by atoms with E-state index in [0.29, 0.717) is 0 Å². The monoisotopic (exact) mass is 789 g/mol. The summed E-state index contributed by atoms with van der Waals surface area (Å²) in [7, 11) is 0. The number of anilines is 3. The number of rotatable bonds is 7. The molecule has 2 nitrogen and oxygen atoms in total. The van der Waals surface area contributed by atoms with Crippen LogP contribution in [0.2, 0.25) is 0 Å². The summed E-state index contributed by atoms with van der Waals surface area (Å²) in [5, 5.41) is 9.48. The molecule has 1 aromatic heterocycles. The summed E-state index contributed by atoms with van der Waals surface area (Å²) in [4.78, 5) is 2.41. The zero-order valence-electron chi connectivity index (χ0n) is 33.9. The molecule has 2 heteroatoms. The van der Waals surface area contributed by atoms with E-state index in [9.17, 15) is 0 Å². The lowest BCUT2D eigenvalue weighted by Crippen LogP contribution is -2.11. The molecule has 12 rings (SSSR count). The summed E-state index contributed by atoms with van der Waals surface area (Å²) in [6, 6.07) is 85.5. The minimum absolute atomic E-state index is 0.879. The molecule has 290 valence electrons. The van der Waals surface area contributed by atoms with Crippen LogP contribution in [0.25, 0.3) is 98.8 Å². The molecular weight excluding hydrogens is 751 g/mol. The average molecular weight is 790 g/mol. The first-order valence-electron chi connectivity index (χ1n) is 21.2. The molecule has 0 aliphatic heterocycles. The van der Waals surface area contributed by atoms with Crippen molar-refractivity contribution in [2.45, 2.75) is 0 Å². The van der Waals surface area contributed by atoms with Crippen molar-refractivity contribution in [2.75, 3.05) is 4.90 Å². The summed E-state index contributed by atoms with van der Waals surface area (Å²) < 4.78 is 6.69. The third kappa shape index (κ3) is 6.20. The molecule has 1 heterocycles. The second-order valence-electron chi connectivity index (χ2n) is 16.1. The molecule has 0 aliphatic carbocycles. The van der Waals surface area contributed by atoms with Gasteiger partial charge >= 0.3 is 0 Å². The quantitative estimate of drug-likeness (QED) is 0.160. The molecule has 0 unspecified atom stereocenters. The standard InChI is InChI=1S/C60H39NO/c1-3-15-44-37-49(28-26-40(44)12-1)47-18-9-17-46(36-47)42-30-33-51(34-31-42)61(52-20-10-19-48(39-52)50-29-27-41-13-2-4-16-45(41)38-50)57-24-8-7-22-54(57)55-23-11-25-58-59(55)56-35-32-43-14-5-6-21-53(43)60(56)62-58/h1-39H. The van der Waals surface area contributed by atoms with Gasteiger partial charge in [0.2, 0.25) is 0 Å². The lowest BCUT2D eigenvalue weighted by molar-refractivity contribution is 0.673. The van der Waals surface area contributed by atoms with Gasteiger partial charge in [0.25, 0.3) is 0 Å². The second kappa shape index (κ2) is 14.8. The van der Waals surface area contributed by atoms with E-state index in [1.165, 1.54) is 49.2 Å². The number of hydrogen-bond donors (Lipinski definition) is 0. The van der Waals surface area contributed by atoms with Crippen molar-refractivity contribution in [3.05, 3.63) is 237 Å². The third-order valence-electron chi connectivity index (χ3n) is 12.4. The van der Waals surface area contributed by atoms with E-state index >= 15 is 0 Å². The zero-order chi connectivity index (χ0) is 41.0. The van der Waals surface area contributed by atoms with Crippen LogP contribution in [0.4, 0.5) is 17.1 Å². The van der Waals surface area contributed by atoms with Crippen LogP contribution in [0.15, 0.2) is 241 Å². The Morgan fingerprint density at radius 3 is 1.56 bits per heavy atom. The first-order chi connectivity index (χ1) is 30.7. The predicted molar refractivity (Wildman–Crippen MR) is 263 cm³/mol. The van der Waals surface area contributed by atoms with Gasteiger partial charge in [0, 0.05) is 33.1 Å². The normalized spacial score (nSPS) is 11.5. The van der Waals surface area contributed by atoms with Crippen LogP contribution in [-0.2, 0) is 0 Å². The number of furan rings is 1. The first-order valence-corrected chi connectivity index (χ1v) is 21.2. The van der Waals surface area contributed by atoms with Gasteiger partial charge in [-0.05, 0) is 127 Å². The molecule has 0 saturated carbocycles. The minimum Gasteiger partial charge on any atom is -0.455 e. The van der Waals surface area contributed by atoms with Gasteiger partial charge in [0.1, 0.15) is 11.2 Å². The number of nitrogens with zero attached hydrogens (tertiary/aromatic N) is 1. The fraction of sp³-hybridized carbons (Fsp3) is 0. The number of benzene rings is 11. The molecule has 0 fully saturated rings. The van der Waals surface area contributed by atoms with Gasteiger partial charge < -0.3 is 9.32 Å². The van der Waals surface area contributed by atoms with Crippen molar-refractivity contribution in [3.8, 4) is 44.5 Å². The average Bonchev–Trinajstić information content (AvgIpc) is 3.74. The van der Waals surface area contributed by atoms with Crippen molar-refractivity contribution in [1.29, 1.82) is 0 Å². The molecule has 0 spiro atoms. The van der Waals surface area contributed by atoms with Crippen molar-refractivity contribution in [3.63, 3.8) is 0 Å². The van der Waals surface area contributed by atoms with Gasteiger partial charge in [-0.1, -0.05) is 176 Å². The highest BCUT2D eigenvalue weighted by Crippen LogP contribution is 2.46.